The first-order valence-corrected chi connectivity index (χ1v) is 6.42. The van der Waals surface area contributed by atoms with E-state index in [1.54, 1.807) is 24.3 Å². The molecular formula is C16H15N3O2. The van der Waals surface area contributed by atoms with Crippen LogP contribution < -0.4 is 5.32 Å². The van der Waals surface area contributed by atoms with Crippen LogP contribution in [0.3, 0.4) is 0 Å². The van der Waals surface area contributed by atoms with Crippen molar-refractivity contribution in [2.24, 2.45) is 0 Å². The van der Waals surface area contributed by atoms with Gasteiger partial charge in [0.15, 0.2) is 0 Å². The van der Waals surface area contributed by atoms with Gasteiger partial charge in [0.05, 0.1) is 0 Å². The highest BCUT2D eigenvalue weighted by Gasteiger charge is 2.08. The van der Waals surface area contributed by atoms with E-state index in [4.69, 9.17) is 5.11 Å². The minimum atomic E-state index is -0.276. The molecule has 1 aromatic carbocycles. The van der Waals surface area contributed by atoms with Gasteiger partial charge in [-0.25, -0.2) is 9.97 Å². The second-order valence-corrected chi connectivity index (χ2v) is 4.47. The van der Waals surface area contributed by atoms with Gasteiger partial charge >= 0.3 is 0 Å². The highest BCUT2D eigenvalue weighted by atomic mass is 16.2. The average Bonchev–Trinajstić information content (AvgIpc) is 2.44. The van der Waals surface area contributed by atoms with Gasteiger partial charge in [0, 0.05) is 22.5 Å². The van der Waals surface area contributed by atoms with E-state index in [9.17, 15) is 4.79 Å². The van der Waals surface area contributed by atoms with Gasteiger partial charge in [-0.3, -0.25) is 10.1 Å². The summed E-state index contributed by atoms with van der Waals surface area (Å²) in [6.07, 6.45) is 0. The summed E-state index contributed by atoms with van der Waals surface area (Å²) in [6, 6.07) is 8.61. The first-order valence-electron chi connectivity index (χ1n) is 6.42. The summed E-state index contributed by atoms with van der Waals surface area (Å²) in [4.78, 5) is 20.4. The van der Waals surface area contributed by atoms with Crippen molar-refractivity contribution in [3.8, 4) is 11.8 Å². The Morgan fingerprint density at radius 3 is 2.38 bits per heavy atom. The molecule has 0 atom stereocenters. The van der Waals surface area contributed by atoms with Crippen LogP contribution in [-0.2, 0) is 0 Å². The number of anilines is 1. The molecule has 0 unspecified atom stereocenters. The Balaban J connectivity index is 2.13. The van der Waals surface area contributed by atoms with Gasteiger partial charge in [-0.1, -0.05) is 11.8 Å². The number of carbonyl (C=O) groups is 1. The second-order valence-electron chi connectivity index (χ2n) is 4.47. The number of nitrogens with one attached hydrogen (secondary N) is 1. The fraction of sp³-hybridized carbons (Fsp3) is 0.188. The third-order valence-electron chi connectivity index (χ3n) is 2.67. The van der Waals surface area contributed by atoms with E-state index in [0.717, 1.165) is 17.0 Å². The number of benzene rings is 1. The van der Waals surface area contributed by atoms with Gasteiger partial charge in [0.25, 0.3) is 5.91 Å². The first-order chi connectivity index (χ1) is 10.1. The third-order valence-corrected chi connectivity index (χ3v) is 2.67. The van der Waals surface area contributed by atoms with Crippen molar-refractivity contribution < 1.29 is 9.90 Å². The summed E-state index contributed by atoms with van der Waals surface area (Å²) in [7, 11) is 0. The number of aryl methyl sites for hydroxylation is 2. The molecule has 1 aromatic heterocycles. The van der Waals surface area contributed by atoms with Crippen LogP contribution in [0.4, 0.5) is 5.95 Å². The predicted molar refractivity (Wildman–Crippen MR) is 79.9 cm³/mol. The molecule has 21 heavy (non-hydrogen) atoms. The SMILES string of the molecule is Cc1cc(C)nc(NC(=O)c2ccc(C#CCO)cc2)n1. The Hall–Kier alpha value is -2.71. The number of aliphatic hydroxyl groups is 1. The molecule has 1 heterocycles. The second kappa shape index (κ2) is 6.64. The minimum Gasteiger partial charge on any atom is -0.384 e. The lowest BCUT2D eigenvalue weighted by Gasteiger charge is -2.05. The molecule has 0 aliphatic carbocycles. The number of aromatic nitrogens is 2. The molecule has 0 bridgehead atoms. The minimum absolute atomic E-state index is 0.188. The van der Waals surface area contributed by atoms with E-state index in [-0.39, 0.29) is 12.5 Å². The highest BCUT2D eigenvalue weighted by Crippen LogP contribution is 2.08. The van der Waals surface area contributed by atoms with Gasteiger partial charge in [-0.15, -0.1) is 0 Å². The molecule has 0 fully saturated rings. The summed E-state index contributed by atoms with van der Waals surface area (Å²) < 4.78 is 0. The van der Waals surface area contributed by atoms with E-state index in [1.165, 1.54) is 0 Å². The van der Waals surface area contributed by atoms with E-state index in [2.05, 4.69) is 27.1 Å². The van der Waals surface area contributed by atoms with Crippen LogP contribution in [0.25, 0.3) is 0 Å². The van der Waals surface area contributed by atoms with Gasteiger partial charge in [-0.2, -0.15) is 0 Å². The lowest BCUT2D eigenvalue weighted by Crippen LogP contribution is -2.14. The molecule has 0 aliphatic heterocycles. The lowest BCUT2D eigenvalue weighted by atomic mass is 10.1. The van der Waals surface area contributed by atoms with Crippen LogP contribution in [0, 0.1) is 25.7 Å². The molecule has 0 spiro atoms. The first kappa shape index (κ1) is 14.7. The van der Waals surface area contributed by atoms with Crippen molar-refractivity contribution in [2.75, 3.05) is 11.9 Å². The van der Waals surface area contributed by atoms with Crippen molar-refractivity contribution in [2.45, 2.75) is 13.8 Å². The summed E-state index contributed by atoms with van der Waals surface area (Å²) in [5.74, 6) is 5.34. The molecule has 2 aromatic rings. The van der Waals surface area contributed by atoms with E-state index in [0.29, 0.717) is 11.5 Å². The maximum absolute atomic E-state index is 12.1. The molecule has 0 saturated heterocycles. The Morgan fingerprint density at radius 1 is 1.19 bits per heavy atom. The van der Waals surface area contributed by atoms with Crippen molar-refractivity contribution in [1.29, 1.82) is 0 Å². The fourth-order valence-electron chi connectivity index (χ4n) is 1.80. The maximum Gasteiger partial charge on any atom is 0.258 e. The van der Waals surface area contributed by atoms with Crippen LogP contribution in [0.5, 0.6) is 0 Å². The largest absolute Gasteiger partial charge is 0.384 e. The van der Waals surface area contributed by atoms with Crippen LogP contribution >= 0.6 is 0 Å². The van der Waals surface area contributed by atoms with E-state index >= 15 is 0 Å². The molecular weight excluding hydrogens is 266 g/mol. The molecule has 0 radical (unpaired) electrons. The van der Waals surface area contributed by atoms with E-state index < -0.39 is 0 Å². The quantitative estimate of drug-likeness (QED) is 0.821. The standard InChI is InChI=1S/C16H15N3O2/c1-11-10-12(2)18-16(17-11)19-15(21)14-7-5-13(6-8-14)4-3-9-20/h5-8,10,20H,9H2,1-2H3,(H,17,18,19,21). The van der Waals surface area contributed by atoms with Crippen LogP contribution in [0.15, 0.2) is 30.3 Å². The number of hydrogen-bond acceptors (Lipinski definition) is 4. The van der Waals surface area contributed by atoms with Gasteiger partial charge in [0.1, 0.15) is 6.61 Å². The Morgan fingerprint density at radius 2 is 1.81 bits per heavy atom. The number of amides is 1. The zero-order chi connectivity index (χ0) is 15.2. The Labute approximate surface area is 123 Å². The monoisotopic (exact) mass is 281 g/mol. The molecule has 1 amide bonds. The summed E-state index contributed by atoms with van der Waals surface area (Å²) >= 11 is 0. The fourth-order valence-corrected chi connectivity index (χ4v) is 1.80. The highest BCUT2D eigenvalue weighted by molar-refractivity contribution is 6.03. The van der Waals surface area contributed by atoms with Crippen LogP contribution in [-0.4, -0.2) is 27.6 Å². The molecule has 0 aliphatic rings. The molecule has 2 N–H and O–H groups in total. The third kappa shape index (κ3) is 4.13. The Bertz CT molecular complexity index is 692. The number of nitrogens with zero attached hydrogens (tertiary/aromatic N) is 2. The van der Waals surface area contributed by atoms with Gasteiger partial charge in [-0.05, 0) is 44.2 Å². The predicted octanol–water partition coefficient (Wildman–Crippen LogP) is 1.69. The summed E-state index contributed by atoms with van der Waals surface area (Å²) in [6.45, 7) is 3.50. The van der Waals surface area contributed by atoms with Gasteiger partial charge in [0.2, 0.25) is 5.95 Å². The average molecular weight is 281 g/mol. The zero-order valence-electron chi connectivity index (χ0n) is 11.8. The van der Waals surface area contributed by atoms with Crippen molar-refractivity contribution >= 4 is 11.9 Å². The van der Waals surface area contributed by atoms with Crippen molar-refractivity contribution in [1.82, 2.24) is 9.97 Å². The Kier molecular flexibility index (Phi) is 4.64. The number of aliphatic hydroxyl groups excluding tert-OH is 1. The number of rotatable bonds is 2. The number of carbonyl (C=O) groups excluding carboxylic acids is 1. The van der Waals surface area contributed by atoms with Gasteiger partial charge < -0.3 is 5.11 Å². The molecule has 5 nitrogen and oxygen atoms in total. The molecule has 5 heteroatoms. The van der Waals surface area contributed by atoms with Crippen molar-refractivity contribution in [3.63, 3.8) is 0 Å². The number of hydrogen-bond donors (Lipinski definition) is 2. The lowest BCUT2D eigenvalue weighted by molar-refractivity contribution is 0.102. The zero-order valence-corrected chi connectivity index (χ0v) is 11.8. The molecule has 106 valence electrons. The molecule has 0 saturated carbocycles. The van der Waals surface area contributed by atoms with Crippen LogP contribution in [0.2, 0.25) is 0 Å². The van der Waals surface area contributed by atoms with Crippen LogP contribution in [0.1, 0.15) is 27.3 Å². The topological polar surface area (TPSA) is 75.1 Å². The molecule has 2 rings (SSSR count). The summed E-state index contributed by atoms with van der Waals surface area (Å²) in [5.41, 5.74) is 2.83. The maximum atomic E-state index is 12.1. The van der Waals surface area contributed by atoms with Crippen molar-refractivity contribution in [3.05, 3.63) is 52.8 Å². The smallest absolute Gasteiger partial charge is 0.258 e. The summed E-state index contributed by atoms with van der Waals surface area (Å²) in [5, 5.41) is 11.3. The van der Waals surface area contributed by atoms with E-state index in [1.807, 2.05) is 19.9 Å². The normalized spacial score (nSPS) is 9.67.